The molecule has 150 valence electrons. The van der Waals surface area contributed by atoms with Crippen molar-refractivity contribution in [3.8, 4) is 28.3 Å². The minimum Gasteiger partial charge on any atom is -0.481 e. The van der Waals surface area contributed by atoms with E-state index < -0.39 is 5.97 Å². The third-order valence-corrected chi connectivity index (χ3v) is 4.69. The Bertz CT molecular complexity index is 899. The molecule has 0 fully saturated rings. The molecule has 0 aliphatic carbocycles. The maximum Gasteiger partial charge on any atom is 0.303 e. The molecule has 5 heteroatoms. The lowest BCUT2D eigenvalue weighted by atomic mass is 10.0. The Labute approximate surface area is 171 Å². The topological polar surface area (TPSA) is 72.3 Å². The molecular weight excluding hydrogens is 364 g/mol. The van der Waals surface area contributed by atoms with E-state index >= 15 is 0 Å². The normalized spacial score (nSPS) is 10.6. The molecule has 0 bridgehead atoms. The number of nitrogens with zero attached hydrogens (tertiary/aromatic N) is 2. The highest BCUT2D eigenvalue weighted by Crippen LogP contribution is 2.31. The van der Waals surface area contributed by atoms with Crippen molar-refractivity contribution in [2.45, 2.75) is 38.5 Å². The molecule has 0 spiro atoms. The Kier molecular flexibility index (Phi) is 7.75. The fraction of sp³-hybridized carbons (Fsp3) is 0.292. The van der Waals surface area contributed by atoms with Gasteiger partial charge in [-0.05, 0) is 18.4 Å². The van der Waals surface area contributed by atoms with Gasteiger partial charge in [-0.25, -0.2) is 0 Å². The van der Waals surface area contributed by atoms with Gasteiger partial charge < -0.3 is 9.84 Å². The molecule has 0 aliphatic heterocycles. The summed E-state index contributed by atoms with van der Waals surface area (Å²) in [5.74, 6) is -0.200. The van der Waals surface area contributed by atoms with E-state index in [-0.39, 0.29) is 6.42 Å². The van der Waals surface area contributed by atoms with Crippen molar-refractivity contribution in [1.29, 1.82) is 0 Å². The Balaban J connectivity index is 1.61. The highest BCUT2D eigenvalue weighted by Gasteiger charge is 2.12. The molecule has 0 atom stereocenters. The van der Waals surface area contributed by atoms with Gasteiger partial charge in [-0.3, -0.25) is 4.79 Å². The number of hydrogen-bond acceptors (Lipinski definition) is 4. The van der Waals surface area contributed by atoms with Crippen molar-refractivity contribution >= 4 is 5.97 Å². The number of rotatable bonds is 11. The summed E-state index contributed by atoms with van der Waals surface area (Å²) in [6.07, 6.45) is 4.88. The molecule has 0 amide bonds. The Morgan fingerprint density at radius 3 is 2.10 bits per heavy atom. The Morgan fingerprint density at radius 2 is 1.41 bits per heavy atom. The van der Waals surface area contributed by atoms with Gasteiger partial charge in [-0.2, -0.15) is 0 Å². The van der Waals surface area contributed by atoms with Gasteiger partial charge in [0.1, 0.15) is 5.69 Å². The number of hydrogen-bond donors (Lipinski definition) is 1. The maximum atomic E-state index is 10.5. The summed E-state index contributed by atoms with van der Waals surface area (Å²) in [4.78, 5) is 10.5. The Morgan fingerprint density at radius 1 is 0.793 bits per heavy atom. The number of carboxylic acid groups (broad SMARTS) is 1. The van der Waals surface area contributed by atoms with E-state index in [9.17, 15) is 4.79 Å². The van der Waals surface area contributed by atoms with Gasteiger partial charge in [-0.1, -0.05) is 79.9 Å². The van der Waals surface area contributed by atoms with Gasteiger partial charge in [-0.15, -0.1) is 10.2 Å². The zero-order valence-electron chi connectivity index (χ0n) is 16.5. The maximum absolute atomic E-state index is 10.5. The van der Waals surface area contributed by atoms with E-state index in [4.69, 9.17) is 9.84 Å². The zero-order valence-corrected chi connectivity index (χ0v) is 16.5. The van der Waals surface area contributed by atoms with Crippen LogP contribution in [0.3, 0.4) is 0 Å². The second-order valence-corrected chi connectivity index (χ2v) is 6.94. The summed E-state index contributed by atoms with van der Waals surface area (Å²) in [7, 11) is 0. The van der Waals surface area contributed by atoms with Crippen LogP contribution in [-0.4, -0.2) is 27.9 Å². The van der Waals surface area contributed by atoms with E-state index in [2.05, 4.69) is 22.3 Å². The molecule has 0 unspecified atom stereocenters. The van der Waals surface area contributed by atoms with Crippen molar-refractivity contribution in [2.24, 2.45) is 0 Å². The summed E-state index contributed by atoms with van der Waals surface area (Å²) in [6, 6.07) is 22.1. The smallest absolute Gasteiger partial charge is 0.303 e. The van der Waals surface area contributed by atoms with E-state index in [0.29, 0.717) is 12.5 Å². The predicted octanol–water partition coefficient (Wildman–Crippen LogP) is 5.61. The van der Waals surface area contributed by atoms with Crippen LogP contribution < -0.4 is 4.74 Å². The van der Waals surface area contributed by atoms with Gasteiger partial charge in [0.2, 0.25) is 5.88 Å². The SMILES string of the molecule is O=C(O)CCCCCCCOc1cc(-c2ccccc2)c(-c2ccccc2)nn1. The van der Waals surface area contributed by atoms with Gasteiger partial charge in [0.15, 0.2) is 0 Å². The predicted molar refractivity (Wildman–Crippen MR) is 114 cm³/mol. The standard InChI is InChI=1S/C24H26N2O3/c27-23(28)16-10-2-1-3-11-17-29-22-18-21(19-12-6-4-7-13-19)24(26-25-22)20-14-8-5-9-15-20/h4-9,12-15,18H,1-3,10-11,16-17H2,(H,27,28). The molecule has 0 aliphatic rings. The van der Waals surface area contributed by atoms with Crippen LogP contribution in [0.25, 0.3) is 22.4 Å². The molecule has 0 saturated carbocycles. The first-order valence-corrected chi connectivity index (χ1v) is 10.1. The number of ether oxygens (including phenoxy) is 1. The monoisotopic (exact) mass is 390 g/mol. The van der Waals surface area contributed by atoms with Gasteiger partial charge in [0.05, 0.1) is 6.61 Å². The van der Waals surface area contributed by atoms with Crippen LogP contribution >= 0.6 is 0 Å². The first-order chi connectivity index (χ1) is 14.2. The second kappa shape index (κ2) is 11.0. The summed E-state index contributed by atoms with van der Waals surface area (Å²) in [5, 5.41) is 17.4. The zero-order chi connectivity index (χ0) is 20.3. The average Bonchev–Trinajstić information content (AvgIpc) is 2.76. The minimum absolute atomic E-state index is 0.252. The van der Waals surface area contributed by atoms with Crippen LogP contribution in [0.15, 0.2) is 66.7 Å². The first kappa shape index (κ1) is 20.5. The van der Waals surface area contributed by atoms with E-state index in [1.54, 1.807) is 0 Å². The number of carbonyl (C=O) groups is 1. The van der Waals surface area contributed by atoms with Gasteiger partial charge >= 0.3 is 5.97 Å². The number of aliphatic carboxylic acids is 1. The molecule has 1 N–H and O–H groups in total. The van der Waals surface area contributed by atoms with E-state index in [1.165, 1.54) is 0 Å². The van der Waals surface area contributed by atoms with Crippen LogP contribution in [0.2, 0.25) is 0 Å². The van der Waals surface area contributed by atoms with Crippen molar-refractivity contribution < 1.29 is 14.6 Å². The van der Waals surface area contributed by atoms with Crippen molar-refractivity contribution in [2.75, 3.05) is 6.61 Å². The molecule has 29 heavy (non-hydrogen) atoms. The highest BCUT2D eigenvalue weighted by molar-refractivity contribution is 5.80. The fourth-order valence-corrected chi connectivity index (χ4v) is 3.18. The molecule has 0 radical (unpaired) electrons. The number of benzene rings is 2. The van der Waals surface area contributed by atoms with Gasteiger partial charge in [0, 0.05) is 23.6 Å². The average molecular weight is 390 g/mol. The van der Waals surface area contributed by atoms with Crippen molar-refractivity contribution in [3.63, 3.8) is 0 Å². The summed E-state index contributed by atoms with van der Waals surface area (Å²) >= 11 is 0. The van der Waals surface area contributed by atoms with E-state index in [1.807, 2.05) is 54.6 Å². The Hall–Kier alpha value is -3.21. The van der Waals surface area contributed by atoms with E-state index in [0.717, 1.165) is 54.5 Å². The van der Waals surface area contributed by atoms with Gasteiger partial charge in [0.25, 0.3) is 0 Å². The minimum atomic E-state index is -0.722. The highest BCUT2D eigenvalue weighted by atomic mass is 16.5. The second-order valence-electron chi connectivity index (χ2n) is 6.94. The third-order valence-electron chi connectivity index (χ3n) is 4.69. The molecule has 1 aromatic heterocycles. The molecule has 2 aromatic carbocycles. The van der Waals surface area contributed by atoms with Crippen LogP contribution in [0.4, 0.5) is 0 Å². The summed E-state index contributed by atoms with van der Waals surface area (Å²) in [5.41, 5.74) is 3.93. The molecule has 1 heterocycles. The number of aromatic nitrogens is 2. The van der Waals surface area contributed by atoms with Crippen LogP contribution in [0.1, 0.15) is 38.5 Å². The third kappa shape index (κ3) is 6.42. The molecular formula is C24H26N2O3. The quantitative estimate of drug-likeness (QED) is 0.431. The lowest BCUT2D eigenvalue weighted by molar-refractivity contribution is -0.137. The summed E-state index contributed by atoms with van der Waals surface area (Å²) in [6.45, 7) is 0.576. The van der Waals surface area contributed by atoms with Crippen molar-refractivity contribution in [1.82, 2.24) is 10.2 Å². The van der Waals surface area contributed by atoms with Crippen molar-refractivity contribution in [3.05, 3.63) is 66.7 Å². The lowest BCUT2D eigenvalue weighted by Gasteiger charge is -2.11. The van der Waals surface area contributed by atoms with Crippen LogP contribution in [0.5, 0.6) is 5.88 Å². The lowest BCUT2D eigenvalue weighted by Crippen LogP contribution is -2.02. The first-order valence-electron chi connectivity index (χ1n) is 10.1. The van der Waals surface area contributed by atoms with Crippen LogP contribution in [-0.2, 0) is 4.79 Å². The largest absolute Gasteiger partial charge is 0.481 e. The molecule has 5 nitrogen and oxygen atoms in total. The number of carboxylic acids is 1. The van der Waals surface area contributed by atoms with Crippen LogP contribution in [0, 0.1) is 0 Å². The molecule has 3 aromatic rings. The fourth-order valence-electron chi connectivity index (χ4n) is 3.18. The summed E-state index contributed by atoms with van der Waals surface area (Å²) < 4.78 is 5.84. The number of unbranched alkanes of at least 4 members (excludes halogenated alkanes) is 4. The molecule has 0 saturated heterocycles. The molecule has 3 rings (SSSR count).